The second-order valence-electron chi connectivity index (χ2n) is 5.43. The first-order chi connectivity index (χ1) is 10.1. The molecule has 0 spiro atoms. The monoisotopic (exact) mass is 291 g/mol. The maximum absolute atomic E-state index is 12.7. The smallest absolute Gasteiger partial charge is 0.326 e. The number of aliphatic hydroxyl groups is 1. The number of ether oxygens (including phenoxy) is 1. The van der Waals surface area contributed by atoms with Crippen molar-refractivity contribution in [2.75, 3.05) is 13.2 Å². The maximum atomic E-state index is 12.7. The van der Waals surface area contributed by atoms with Crippen molar-refractivity contribution in [1.29, 1.82) is 0 Å². The number of hydrogen-bond donors (Lipinski definition) is 2. The predicted octanol–water partition coefficient (Wildman–Crippen LogP) is 0.347. The number of carbonyl (C=O) groups excluding carboxylic acids is 1. The lowest BCUT2D eigenvalue weighted by atomic mass is 9.96. The number of carbonyl (C=O) groups is 2. The van der Waals surface area contributed by atoms with E-state index < -0.39 is 24.2 Å². The molecule has 3 rings (SSSR count). The Morgan fingerprint density at radius 2 is 2.05 bits per heavy atom. The van der Waals surface area contributed by atoms with Crippen LogP contribution in [-0.2, 0) is 20.7 Å². The van der Waals surface area contributed by atoms with Crippen LogP contribution in [0.2, 0.25) is 0 Å². The van der Waals surface area contributed by atoms with E-state index in [1.807, 2.05) is 24.3 Å². The van der Waals surface area contributed by atoms with E-state index in [1.165, 1.54) is 4.90 Å². The fourth-order valence-electron chi connectivity index (χ4n) is 3.04. The second kappa shape index (κ2) is 5.46. The molecule has 1 fully saturated rings. The molecule has 2 aliphatic rings. The van der Waals surface area contributed by atoms with Crippen molar-refractivity contribution in [3.05, 3.63) is 35.4 Å². The highest BCUT2D eigenvalue weighted by Gasteiger charge is 2.42. The summed E-state index contributed by atoms with van der Waals surface area (Å²) in [6.45, 7) is 0.472. The van der Waals surface area contributed by atoms with Crippen LogP contribution in [0.25, 0.3) is 0 Å². The van der Waals surface area contributed by atoms with Gasteiger partial charge in [0.1, 0.15) is 6.04 Å². The van der Waals surface area contributed by atoms with Gasteiger partial charge in [-0.25, -0.2) is 4.79 Å². The summed E-state index contributed by atoms with van der Waals surface area (Å²) in [5.41, 5.74) is 1.84. The SMILES string of the molecule is O=C(O)[C@@H]1CC(O)CN1C(=O)C1OCCc2ccccc21. The molecule has 1 aromatic carbocycles. The second-order valence-corrected chi connectivity index (χ2v) is 5.43. The van der Waals surface area contributed by atoms with E-state index in [2.05, 4.69) is 0 Å². The number of amides is 1. The van der Waals surface area contributed by atoms with Crippen LogP contribution in [0.5, 0.6) is 0 Å². The molecule has 3 atom stereocenters. The number of fused-ring (bicyclic) bond motifs is 1. The summed E-state index contributed by atoms with van der Waals surface area (Å²) in [6, 6.07) is 6.54. The molecule has 0 aliphatic carbocycles. The maximum Gasteiger partial charge on any atom is 0.326 e. The van der Waals surface area contributed by atoms with Gasteiger partial charge in [-0.1, -0.05) is 24.3 Å². The van der Waals surface area contributed by atoms with E-state index in [-0.39, 0.29) is 18.9 Å². The van der Waals surface area contributed by atoms with Crippen molar-refractivity contribution in [3.63, 3.8) is 0 Å². The fourth-order valence-corrected chi connectivity index (χ4v) is 3.04. The summed E-state index contributed by atoms with van der Waals surface area (Å²) >= 11 is 0. The summed E-state index contributed by atoms with van der Waals surface area (Å²) in [7, 11) is 0. The Bertz CT molecular complexity index is 573. The summed E-state index contributed by atoms with van der Waals surface area (Å²) in [5, 5.41) is 18.9. The van der Waals surface area contributed by atoms with E-state index in [0.29, 0.717) is 6.61 Å². The zero-order valence-electron chi connectivity index (χ0n) is 11.4. The van der Waals surface area contributed by atoms with Gasteiger partial charge in [0.25, 0.3) is 5.91 Å². The van der Waals surface area contributed by atoms with Gasteiger partial charge in [0.2, 0.25) is 0 Å². The molecular formula is C15H17NO5. The average molecular weight is 291 g/mol. The Labute approximate surface area is 121 Å². The third-order valence-electron chi connectivity index (χ3n) is 4.06. The Kier molecular flexibility index (Phi) is 3.65. The molecule has 2 heterocycles. The minimum absolute atomic E-state index is 0.0395. The molecule has 0 aromatic heterocycles. The van der Waals surface area contributed by atoms with Crippen LogP contribution in [0.3, 0.4) is 0 Å². The summed E-state index contributed by atoms with van der Waals surface area (Å²) < 4.78 is 5.58. The molecular weight excluding hydrogens is 274 g/mol. The third-order valence-corrected chi connectivity index (χ3v) is 4.06. The summed E-state index contributed by atoms with van der Waals surface area (Å²) in [4.78, 5) is 25.1. The molecule has 1 aromatic rings. The molecule has 0 saturated carbocycles. The summed E-state index contributed by atoms with van der Waals surface area (Å²) in [6.07, 6.45) is -0.767. The number of likely N-dealkylation sites (tertiary alicyclic amines) is 1. The predicted molar refractivity (Wildman–Crippen MR) is 72.6 cm³/mol. The largest absolute Gasteiger partial charge is 0.480 e. The fraction of sp³-hybridized carbons (Fsp3) is 0.467. The average Bonchev–Trinajstić information content (AvgIpc) is 2.88. The molecule has 112 valence electrons. The van der Waals surface area contributed by atoms with E-state index in [1.54, 1.807) is 0 Å². The van der Waals surface area contributed by atoms with E-state index in [4.69, 9.17) is 4.74 Å². The first-order valence-electron chi connectivity index (χ1n) is 6.98. The number of carboxylic acids is 1. The number of hydrogen-bond acceptors (Lipinski definition) is 4. The summed E-state index contributed by atoms with van der Waals surface area (Å²) in [5.74, 6) is -1.48. The molecule has 2 unspecified atom stereocenters. The van der Waals surface area contributed by atoms with Gasteiger partial charge in [0.15, 0.2) is 6.10 Å². The molecule has 1 amide bonds. The molecule has 0 bridgehead atoms. The van der Waals surface area contributed by atoms with Crippen molar-refractivity contribution < 1.29 is 24.5 Å². The molecule has 2 aliphatic heterocycles. The van der Waals surface area contributed by atoms with E-state index >= 15 is 0 Å². The highest BCUT2D eigenvalue weighted by Crippen LogP contribution is 2.31. The standard InChI is InChI=1S/C15H17NO5/c17-10-7-12(15(19)20)16(8-10)14(18)13-11-4-2-1-3-9(11)5-6-21-13/h1-4,10,12-13,17H,5-8H2,(H,19,20)/t10?,12-,13?/m0/s1. The first-order valence-corrected chi connectivity index (χ1v) is 6.98. The molecule has 21 heavy (non-hydrogen) atoms. The van der Waals surface area contributed by atoms with Crippen LogP contribution in [0.4, 0.5) is 0 Å². The number of β-amino-alcohol motifs (C(OH)–C–C–N with tert-alkyl or cyclic N) is 1. The number of benzene rings is 1. The number of nitrogens with zero attached hydrogens (tertiary/aromatic N) is 1. The highest BCUT2D eigenvalue weighted by molar-refractivity contribution is 5.88. The number of aliphatic hydroxyl groups excluding tert-OH is 1. The van der Waals surface area contributed by atoms with E-state index in [0.717, 1.165) is 17.5 Å². The normalized spacial score (nSPS) is 28.2. The zero-order valence-corrected chi connectivity index (χ0v) is 11.4. The first kappa shape index (κ1) is 14.0. The Morgan fingerprint density at radius 1 is 1.29 bits per heavy atom. The van der Waals surface area contributed by atoms with Gasteiger partial charge >= 0.3 is 5.97 Å². The topological polar surface area (TPSA) is 87.1 Å². The molecule has 1 saturated heterocycles. The lowest BCUT2D eigenvalue weighted by molar-refractivity contribution is -0.154. The van der Waals surface area contributed by atoms with Crippen LogP contribution in [-0.4, -0.2) is 52.3 Å². The molecule has 6 heteroatoms. The molecule has 2 N–H and O–H groups in total. The van der Waals surface area contributed by atoms with Crippen molar-refractivity contribution in [1.82, 2.24) is 4.90 Å². The van der Waals surface area contributed by atoms with Crippen molar-refractivity contribution in [2.45, 2.75) is 31.1 Å². The Balaban J connectivity index is 1.87. The van der Waals surface area contributed by atoms with Crippen molar-refractivity contribution >= 4 is 11.9 Å². The third kappa shape index (κ3) is 2.52. The van der Waals surface area contributed by atoms with Gasteiger partial charge in [0.05, 0.1) is 12.7 Å². The van der Waals surface area contributed by atoms with Gasteiger partial charge < -0.3 is 19.8 Å². The zero-order chi connectivity index (χ0) is 15.0. The van der Waals surface area contributed by atoms with Gasteiger partial charge in [-0.15, -0.1) is 0 Å². The van der Waals surface area contributed by atoms with Crippen LogP contribution in [0.15, 0.2) is 24.3 Å². The molecule has 6 nitrogen and oxygen atoms in total. The lowest BCUT2D eigenvalue weighted by Gasteiger charge is -2.30. The molecule has 0 radical (unpaired) electrons. The Morgan fingerprint density at radius 3 is 2.81 bits per heavy atom. The lowest BCUT2D eigenvalue weighted by Crippen LogP contribution is -2.44. The van der Waals surface area contributed by atoms with Gasteiger partial charge in [-0.05, 0) is 17.5 Å². The van der Waals surface area contributed by atoms with Gasteiger partial charge in [-0.3, -0.25) is 4.79 Å². The quantitative estimate of drug-likeness (QED) is 0.821. The van der Waals surface area contributed by atoms with Crippen LogP contribution < -0.4 is 0 Å². The Hall–Kier alpha value is -1.92. The minimum Gasteiger partial charge on any atom is -0.480 e. The number of aliphatic carboxylic acids is 1. The minimum atomic E-state index is -1.09. The van der Waals surface area contributed by atoms with Crippen molar-refractivity contribution in [2.24, 2.45) is 0 Å². The van der Waals surface area contributed by atoms with Crippen molar-refractivity contribution in [3.8, 4) is 0 Å². The van der Waals surface area contributed by atoms with Crippen LogP contribution in [0, 0.1) is 0 Å². The number of rotatable bonds is 2. The van der Waals surface area contributed by atoms with Crippen LogP contribution >= 0.6 is 0 Å². The number of carboxylic acid groups (broad SMARTS) is 1. The van der Waals surface area contributed by atoms with Gasteiger partial charge in [-0.2, -0.15) is 0 Å². The van der Waals surface area contributed by atoms with Crippen LogP contribution in [0.1, 0.15) is 23.7 Å². The van der Waals surface area contributed by atoms with E-state index in [9.17, 15) is 19.8 Å². The van der Waals surface area contributed by atoms with Gasteiger partial charge in [0, 0.05) is 13.0 Å². The highest BCUT2D eigenvalue weighted by atomic mass is 16.5.